The van der Waals surface area contributed by atoms with E-state index in [2.05, 4.69) is 10.3 Å². The molecule has 6 heteroatoms. The van der Waals surface area contributed by atoms with Crippen molar-refractivity contribution in [3.05, 3.63) is 22.8 Å². The fourth-order valence-corrected chi connectivity index (χ4v) is 2.04. The number of nitrogens with zero attached hydrogens (tertiary/aromatic N) is 1. The van der Waals surface area contributed by atoms with Gasteiger partial charge in [0.2, 0.25) is 0 Å². The Morgan fingerprint density at radius 1 is 1.65 bits per heavy atom. The molecule has 1 fully saturated rings. The minimum atomic E-state index is -0.205. The Balaban J connectivity index is 2.09. The molecule has 0 radical (unpaired) electrons. The van der Waals surface area contributed by atoms with Gasteiger partial charge in [0.25, 0.3) is 5.91 Å². The molecule has 5 nitrogen and oxygen atoms in total. The third-order valence-corrected chi connectivity index (χ3v) is 2.96. The molecule has 0 saturated carbocycles. The number of carbonyl (C=O) groups is 1. The molecule has 0 spiro atoms. The number of anilines is 1. The van der Waals surface area contributed by atoms with Gasteiger partial charge in [0.1, 0.15) is 11.0 Å². The van der Waals surface area contributed by atoms with Crippen LogP contribution in [0.2, 0.25) is 5.15 Å². The Hall–Kier alpha value is -1.33. The van der Waals surface area contributed by atoms with Crippen molar-refractivity contribution in [2.45, 2.75) is 25.5 Å². The zero-order valence-corrected chi connectivity index (χ0v) is 10.2. The molecule has 17 heavy (non-hydrogen) atoms. The van der Waals surface area contributed by atoms with Crippen LogP contribution in [0.15, 0.2) is 12.1 Å². The van der Waals surface area contributed by atoms with Gasteiger partial charge in [-0.3, -0.25) is 4.79 Å². The fourth-order valence-electron chi connectivity index (χ4n) is 1.82. The lowest BCUT2D eigenvalue weighted by Gasteiger charge is -2.16. The maximum absolute atomic E-state index is 11.9. The standard InChI is InChI=1S/C11H14ClN3O2/c1-6-8(2-3-17-6)14-11(16)7-4-9(12)15-10(13)5-7/h4-6,8H,2-3H2,1H3,(H2,13,15)(H,14,16). The van der Waals surface area contributed by atoms with Crippen LogP contribution in [0.3, 0.4) is 0 Å². The summed E-state index contributed by atoms with van der Waals surface area (Å²) in [4.78, 5) is 15.7. The minimum Gasteiger partial charge on any atom is -0.384 e. The Morgan fingerprint density at radius 2 is 2.41 bits per heavy atom. The maximum Gasteiger partial charge on any atom is 0.251 e. The van der Waals surface area contributed by atoms with E-state index in [0.717, 1.165) is 6.42 Å². The average Bonchev–Trinajstić information content (AvgIpc) is 2.63. The van der Waals surface area contributed by atoms with Crippen molar-refractivity contribution in [2.75, 3.05) is 12.3 Å². The second kappa shape index (κ2) is 4.89. The van der Waals surface area contributed by atoms with Gasteiger partial charge in [-0.1, -0.05) is 11.6 Å². The van der Waals surface area contributed by atoms with Crippen molar-refractivity contribution >= 4 is 23.3 Å². The molecule has 92 valence electrons. The first-order valence-electron chi connectivity index (χ1n) is 5.42. The number of rotatable bonds is 2. The molecular formula is C11H14ClN3O2. The van der Waals surface area contributed by atoms with Gasteiger partial charge >= 0.3 is 0 Å². The van der Waals surface area contributed by atoms with Crippen LogP contribution in [0.1, 0.15) is 23.7 Å². The van der Waals surface area contributed by atoms with E-state index >= 15 is 0 Å². The smallest absolute Gasteiger partial charge is 0.251 e. The van der Waals surface area contributed by atoms with Gasteiger partial charge in [0, 0.05) is 12.2 Å². The second-order valence-electron chi connectivity index (χ2n) is 4.05. The van der Waals surface area contributed by atoms with Crippen LogP contribution in [0.25, 0.3) is 0 Å². The number of hydrogen-bond donors (Lipinski definition) is 2. The number of halogens is 1. The molecule has 1 amide bonds. The SMILES string of the molecule is CC1OCCC1NC(=O)c1cc(N)nc(Cl)c1. The van der Waals surface area contributed by atoms with Crippen molar-refractivity contribution in [3.8, 4) is 0 Å². The lowest BCUT2D eigenvalue weighted by molar-refractivity contribution is 0.0866. The summed E-state index contributed by atoms with van der Waals surface area (Å²) in [6, 6.07) is 3.03. The molecule has 3 N–H and O–H groups in total. The normalized spacial score (nSPS) is 23.6. The quantitative estimate of drug-likeness (QED) is 0.779. The van der Waals surface area contributed by atoms with Crippen molar-refractivity contribution in [2.24, 2.45) is 0 Å². The highest BCUT2D eigenvalue weighted by molar-refractivity contribution is 6.29. The molecule has 0 aliphatic carbocycles. The minimum absolute atomic E-state index is 0.0357. The Kier molecular flexibility index (Phi) is 3.49. The topological polar surface area (TPSA) is 77.2 Å². The molecule has 2 unspecified atom stereocenters. The first kappa shape index (κ1) is 12.1. The van der Waals surface area contributed by atoms with Crippen molar-refractivity contribution < 1.29 is 9.53 Å². The third kappa shape index (κ3) is 2.87. The van der Waals surface area contributed by atoms with Crippen molar-refractivity contribution in [1.29, 1.82) is 0 Å². The fraction of sp³-hybridized carbons (Fsp3) is 0.455. The van der Waals surface area contributed by atoms with Gasteiger partial charge < -0.3 is 15.8 Å². The number of hydrogen-bond acceptors (Lipinski definition) is 4. The van der Waals surface area contributed by atoms with Crippen LogP contribution in [-0.2, 0) is 4.74 Å². The molecule has 2 atom stereocenters. The predicted octanol–water partition coefficient (Wildman–Crippen LogP) is 1.22. The molecule has 0 bridgehead atoms. The van der Waals surface area contributed by atoms with E-state index in [1.165, 1.54) is 12.1 Å². The first-order valence-corrected chi connectivity index (χ1v) is 5.79. The predicted molar refractivity (Wildman–Crippen MR) is 64.9 cm³/mol. The number of pyridine rings is 1. The van der Waals surface area contributed by atoms with Gasteiger partial charge in [0.05, 0.1) is 12.1 Å². The summed E-state index contributed by atoms with van der Waals surface area (Å²) in [6.45, 7) is 2.61. The highest BCUT2D eigenvalue weighted by Crippen LogP contribution is 2.15. The van der Waals surface area contributed by atoms with E-state index < -0.39 is 0 Å². The highest BCUT2D eigenvalue weighted by Gasteiger charge is 2.26. The van der Waals surface area contributed by atoms with Gasteiger partial charge in [0.15, 0.2) is 0 Å². The molecule has 1 aliphatic heterocycles. The Labute approximate surface area is 104 Å². The molecule has 1 saturated heterocycles. The molecular weight excluding hydrogens is 242 g/mol. The van der Waals surface area contributed by atoms with E-state index in [0.29, 0.717) is 12.2 Å². The molecule has 1 aromatic rings. The lowest BCUT2D eigenvalue weighted by Crippen LogP contribution is -2.39. The number of amides is 1. The van der Waals surface area contributed by atoms with E-state index in [1.807, 2.05) is 6.92 Å². The van der Waals surface area contributed by atoms with Crippen LogP contribution >= 0.6 is 11.6 Å². The summed E-state index contributed by atoms with van der Waals surface area (Å²) in [5.74, 6) is 0.0294. The summed E-state index contributed by atoms with van der Waals surface area (Å²) < 4.78 is 5.37. The third-order valence-electron chi connectivity index (χ3n) is 2.77. The summed E-state index contributed by atoms with van der Waals surface area (Å²) in [7, 11) is 0. The van der Waals surface area contributed by atoms with Crippen LogP contribution in [-0.4, -0.2) is 29.6 Å². The largest absolute Gasteiger partial charge is 0.384 e. The van der Waals surface area contributed by atoms with Gasteiger partial charge in [-0.25, -0.2) is 4.98 Å². The number of carbonyl (C=O) groups excluding carboxylic acids is 1. The Morgan fingerprint density at radius 3 is 3.00 bits per heavy atom. The molecule has 1 aromatic heterocycles. The van der Waals surface area contributed by atoms with Gasteiger partial charge in [-0.15, -0.1) is 0 Å². The summed E-state index contributed by atoms with van der Waals surface area (Å²) in [5.41, 5.74) is 5.95. The molecule has 1 aliphatic rings. The zero-order valence-electron chi connectivity index (χ0n) is 9.44. The first-order chi connectivity index (χ1) is 8.06. The Bertz CT molecular complexity index is 418. The van der Waals surface area contributed by atoms with Crippen LogP contribution < -0.4 is 11.1 Å². The number of aromatic nitrogens is 1. The van der Waals surface area contributed by atoms with E-state index in [9.17, 15) is 4.79 Å². The monoisotopic (exact) mass is 255 g/mol. The lowest BCUT2D eigenvalue weighted by atomic mass is 10.1. The maximum atomic E-state index is 11.9. The zero-order chi connectivity index (χ0) is 12.4. The van der Waals surface area contributed by atoms with E-state index in [-0.39, 0.29) is 29.0 Å². The summed E-state index contributed by atoms with van der Waals surface area (Å²) in [5, 5.41) is 3.11. The number of nitrogens with one attached hydrogen (secondary N) is 1. The number of nitrogens with two attached hydrogens (primary N) is 1. The average molecular weight is 256 g/mol. The van der Waals surface area contributed by atoms with E-state index in [1.54, 1.807) is 0 Å². The summed E-state index contributed by atoms with van der Waals surface area (Å²) in [6.07, 6.45) is 0.856. The summed E-state index contributed by atoms with van der Waals surface area (Å²) >= 11 is 5.74. The van der Waals surface area contributed by atoms with Crippen molar-refractivity contribution in [1.82, 2.24) is 10.3 Å². The van der Waals surface area contributed by atoms with Gasteiger partial charge in [-0.05, 0) is 25.5 Å². The second-order valence-corrected chi connectivity index (χ2v) is 4.44. The number of ether oxygens (including phenoxy) is 1. The number of nitrogen functional groups attached to an aromatic ring is 1. The van der Waals surface area contributed by atoms with Crippen LogP contribution in [0.5, 0.6) is 0 Å². The highest BCUT2D eigenvalue weighted by atomic mass is 35.5. The molecule has 0 aromatic carbocycles. The van der Waals surface area contributed by atoms with Gasteiger partial charge in [-0.2, -0.15) is 0 Å². The molecule has 2 heterocycles. The van der Waals surface area contributed by atoms with Crippen LogP contribution in [0, 0.1) is 0 Å². The van der Waals surface area contributed by atoms with Crippen molar-refractivity contribution in [3.63, 3.8) is 0 Å². The molecule has 2 rings (SSSR count). The van der Waals surface area contributed by atoms with Crippen LogP contribution in [0.4, 0.5) is 5.82 Å². The van der Waals surface area contributed by atoms with E-state index in [4.69, 9.17) is 22.1 Å².